The first-order chi connectivity index (χ1) is 8.61. The zero-order valence-corrected chi connectivity index (χ0v) is 11.2. The fraction of sp³-hybridized carbons (Fsp3) is 0.308. The lowest BCUT2D eigenvalue weighted by Crippen LogP contribution is -2.09. The molecule has 0 radical (unpaired) electrons. The van der Waals surface area contributed by atoms with E-state index in [0.717, 1.165) is 11.4 Å². The summed E-state index contributed by atoms with van der Waals surface area (Å²) in [5.41, 5.74) is 6.54. The second-order valence-electron chi connectivity index (χ2n) is 4.13. The summed E-state index contributed by atoms with van der Waals surface area (Å²) < 4.78 is 7.74. The summed E-state index contributed by atoms with van der Waals surface area (Å²) in [6, 6.07) is 5.57. The summed E-state index contributed by atoms with van der Waals surface area (Å²) in [4.78, 5) is 4.25. The third-order valence-corrected chi connectivity index (χ3v) is 3.05. The van der Waals surface area contributed by atoms with Gasteiger partial charge in [0, 0.05) is 26.0 Å². The van der Waals surface area contributed by atoms with E-state index in [1.165, 1.54) is 0 Å². The zero-order chi connectivity index (χ0) is 13.1. The molecule has 0 bridgehead atoms. The van der Waals surface area contributed by atoms with Crippen LogP contribution in [0.5, 0.6) is 5.75 Å². The third kappa shape index (κ3) is 2.66. The van der Waals surface area contributed by atoms with Gasteiger partial charge >= 0.3 is 0 Å². The SMILES string of the molecule is CC(Oc1ccc(CN)cc1Cl)c1nccn1C. The first kappa shape index (κ1) is 12.9. The van der Waals surface area contributed by atoms with Crippen LogP contribution in [0.25, 0.3) is 0 Å². The second kappa shape index (κ2) is 5.42. The maximum atomic E-state index is 6.15. The fourth-order valence-electron chi connectivity index (χ4n) is 1.78. The molecule has 5 heteroatoms. The molecule has 0 spiro atoms. The Bertz CT molecular complexity index is 539. The molecule has 1 heterocycles. The monoisotopic (exact) mass is 265 g/mol. The number of benzene rings is 1. The van der Waals surface area contributed by atoms with Gasteiger partial charge in [-0.15, -0.1) is 0 Å². The van der Waals surface area contributed by atoms with E-state index in [9.17, 15) is 0 Å². The van der Waals surface area contributed by atoms with Gasteiger partial charge < -0.3 is 15.0 Å². The molecule has 4 nitrogen and oxygen atoms in total. The van der Waals surface area contributed by atoms with Crippen LogP contribution in [0, 0.1) is 0 Å². The van der Waals surface area contributed by atoms with E-state index in [2.05, 4.69) is 4.98 Å². The molecule has 0 saturated carbocycles. The van der Waals surface area contributed by atoms with Crippen molar-refractivity contribution >= 4 is 11.6 Å². The molecule has 0 fully saturated rings. The van der Waals surface area contributed by atoms with Crippen molar-refractivity contribution in [1.82, 2.24) is 9.55 Å². The van der Waals surface area contributed by atoms with Crippen LogP contribution < -0.4 is 10.5 Å². The molecular weight excluding hydrogens is 250 g/mol. The molecule has 1 aromatic heterocycles. The molecule has 0 aliphatic rings. The second-order valence-corrected chi connectivity index (χ2v) is 4.53. The average Bonchev–Trinajstić information content (AvgIpc) is 2.78. The number of nitrogens with two attached hydrogens (primary N) is 1. The number of imidazole rings is 1. The van der Waals surface area contributed by atoms with E-state index in [4.69, 9.17) is 22.1 Å². The third-order valence-electron chi connectivity index (χ3n) is 2.76. The number of ether oxygens (including phenoxy) is 1. The van der Waals surface area contributed by atoms with Crippen molar-refractivity contribution in [3.63, 3.8) is 0 Å². The summed E-state index contributed by atoms with van der Waals surface area (Å²) in [7, 11) is 1.93. The lowest BCUT2D eigenvalue weighted by Gasteiger charge is -2.16. The average molecular weight is 266 g/mol. The molecule has 96 valence electrons. The Morgan fingerprint density at radius 2 is 2.28 bits per heavy atom. The van der Waals surface area contributed by atoms with E-state index in [-0.39, 0.29) is 6.10 Å². The molecule has 0 amide bonds. The van der Waals surface area contributed by atoms with Crippen molar-refractivity contribution < 1.29 is 4.74 Å². The van der Waals surface area contributed by atoms with Crippen LogP contribution in [0.4, 0.5) is 0 Å². The van der Waals surface area contributed by atoms with E-state index >= 15 is 0 Å². The summed E-state index contributed by atoms with van der Waals surface area (Å²) in [6.45, 7) is 2.41. The highest BCUT2D eigenvalue weighted by Crippen LogP contribution is 2.29. The molecular formula is C13H16ClN3O. The van der Waals surface area contributed by atoms with Gasteiger partial charge in [0.1, 0.15) is 11.6 Å². The van der Waals surface area contributed by atoms with Crippen LogP contribution in [0.2, 0.25) is 5.02 Å². The molecule has 0 aliphatic carbocycles. The van der Waals surface area contributed by atoms with Crippen LogP contribution in [-0.4, -0.2) is 9.55 Å². The molecule has 2 rings (SSSR count). The minimum Gasteiger partial charge on any atom is -0.481 e. The van der Waals surface area contributed by atoms with Crippen molar-refractivity contribution in [2.24, 2.45) is 12.8 Å². The van der Waals surface area contributed by atoms with Crippen molar-refractivity contribution in [3.8, 4) is 5.75 Å². The molecule has 0 aliphatic heterocycles. The van der Waals surface area contributed by atoms with Gasteiger partial charge in [-0.2, -0.15) is 0 Å². The van der Waals surface area contributed by atoms with E-state index in [0.29, 0.717) is 17.3 Å². The van der Waals surface area contributed by atoms with E-state index in [1.807, 2.05) is 42.9 Å². The van der Waals surface area contributed by atoms with Gasteiger partial charge in [-0.25, -0.2) is 4.98 Å². The Morgan fingerprint density at radius 1 is 1.50 bits per heavy atom. The normalized spacial score (nSPS) is 12.4. The summed E-state index contributed by atoms with van der Waals surface area (Å²) in [5.74, 6) is 1.50. The zero-order valence-electron chi connectivity index (χ0n) is 10.4. The van der Waals surface area contributed by atoms with Gasteiger partial charge in [0.15, 0.2) is 6.10 Å². The van der Waals surface area contributed by atoms with Crippen LogP contribution >= 0.6 is 11.6 Å². The quantitative estimate of drug-likeness (QED) is 0.925. The largest absolute Gasteiger partial charge is 0.481 e. The maximum absolute atomic E-state index is 6.15. The van der Waals surface area contributed by atoms with Gasteiger partial charge in [0.2, 0.25) is 0 Å². The van der Waals surface area contributed by atoms with E-state index in [1.54, 1.807) is 6.20 Å². The highest BCUT2D eigenvalue weighted by molar-refractivity contribution is 6.32. The lowest BCUT2D eigenvalue weighted by atomic mass is 10.2. The number of halogens is 1. The fourth-order valence-corrected chi connectivity index (χ4v) is 2.03. The maximum Gasteiger partial charge on any atom is 0.153 e. The van der Waals surface area contributed by atoms with Gasteiger partial charge in [0.05, 0.1) is 5.02 Å². The predicted molar refractivity (Wildman–Crippen MR) is 71.6 cm³/mol. The van der Waals surface area contributed by atoms with Crippen molar-refractivity contribution in [1.29, 1.82) is 0 Å². The number of hydrogen-bond acceptors (Lipinski definition) is 3. The first-order valence-electron chi connectivity index (χ1n) is 5.74. The van der Waals surface area contributed by atoms with Crippen LogP contribution in [0.15, 0.2) is 30.6 Å². The number of nitrogens with zero attached hydrogens (tertiary/aromatic N) is 2. The van der Waals surface area contributed by atoms with Crippen molar-refractivity contribution in [3.05, 3.63) is 47.0 Å². The molecule has 1 unspecified atom stereocenters. The van der Waals surface area contributed by atoms with Gasteiger partial charge in [-0.1, -0.05) is 17.7 Å². The summed E-state index contributed by atoms with van der Waals surface area (Å²) in [6.07, 6.45) is 3.47. The minimum atomic E-state index is -0.161. The molecule has 2 aromatic rings. The van der Waals surface area contributed by atoms with Crippen molar-refractivity contribution in [2.75, 3.05) is 0 Å². The minimum absolute atomic E-state index is 0.161. The molecule has 0 saturated heterocycles. The van der Waals surface area contributed by atoms with E-state index < -0.39 is 0 Å². The molecule has 1 atom stereocenters. The van der Waals surface area contributed by atoms with Gasteiger partial charge in [0.25, 0.3) is 0 Å². The smallest absolute Gasteiger partial charge is 0.153 e. The number of aryl methyl sites for hydroxylation is 1. The highest BCUT2D eigenvalue weighted by atomic mass is 35.5. The number of aromatic nitrogens is 2. The Morgan fingerprint density at radius 3 is 2.83 bits per heavy atom. The van der Waals surface area contributed by atoms with Crippen molar-refractivity contribution in [2.45, 2.75) is 19.6 Å². The number of hydrogen-bond donors (Lipinski definition) is 1. The predicted octanol–water partition coefficient (Wildman–Crippen LogP) is 2.67. The Kier molecular flexibility index (Phi) is 3.89. The van der Waals surface area contributed by atoms with Crippen LogP contribution in [0.1, 0.15) is 24.4 Å². The highest BCUT2D eigenvalue weighted by Gasteiger charge is 2.13. The van der Waals surface area contributed by atoms with Gasteiger partial charge in [-0.3, -0.25) is 0 Å². The summed E-state index contributed by atoms with van der Waals surface area (Å²) in [5, 5.41) is 0.569. The Labute approximate surface area is 111 Å². The van der Waals surface area contributed by atoms with Crippen LogP contribution in [-0.2, 0) is 13.6 Å². The lowest BCUT2D eigenvalue weighted by molar-refractivity contribution is 0.213. The first-order valence-corrected chi connectivity index (χ1v) is 6.12. The molecule has 2 N–H and O–H groups in total. The Balaban J connectivity index is 2.17. The Hall–Kier alpha value is -1.52. The molecule has 1 aromatic carbocycles. The standard InChI is InChI=1S/C13H16ClN3O/c1-9(13-16-5-6-17(13)2)18-12-4-3-10(8-15)7-11(12)14/h3-7,9H,8,15H2,1-2H3. The van der Waals surface area contributed by atoms with Gasteiger partial charge in [-0.05, 0) is 24.6 Å². The van der Waals surface area contributed by atoms with Crippen LogP contribution in [0.3, 0.4) is 0 Å². The molecule has 18 heavy (non-hydrogen) atoms. The number of rotatable bonds is 4. The topological polar surface area (TPSA) is 53.1 Å². The summed E-state index contributed by atoms with van der Waals surface area (Å²) >= 11 is 6.15.